The van der Waals surface area contributed by atoms with Crippen LogP contribution in [0.1, 0.15) is 5.56 Å². The zero-order valence-electron chi connectivity index (χ0n) is 5.46. The smallest absolute Gasteiger partial charge is 0.0942 e. The van der Waals surface area contributed by atoms with Gasteiger partial charge in [-0.25, -0.2) is 0 Å². The van der Waals surface area contributed by atoms with Gasteiger partial charge in [-0.1, -0.05) is 5.87 Å². The molecular weight excluding hydrogens is 132 g/mol. The van der Waals surface area contributed by atoms with E-state index in [1.807, 2.05) is 6.07 Å². The lowest BCUT2D eigenvalue weighted by Gasteiger charge is -1.93. The van der Waals surface area contributed by atoms with Crippen LogP contribution in [0.25, 0.3) is 0 Å². The molecule has 1 aromatic heterocycles. The molecule has 0 bridgehead atoms. The average molecular weight is 142 g/mol. The number of hydrogen-bond donors (Lipinski definition) is 0. The van der Waals surface area contributed by atoms with Gasteiger partial charge in [0.1, 0.15) is 0 Å². The molecule has 0 spiro atoms. The van der Waals surface area contributed by atoms with Gasteiger partial charge in [-0.05, 0) is 17.9 Å². The molecule has 0 aromatic carbocycles. The van der Waals surface area contributed by atoms with Gasteiger partial charge in [-0.15, -0.1) is 0 Å². The Morgan fingerprint density at radius 1 is 1.78 bits per heavy atom. The first kappa shape index (κ1) is 6.62. The lowest BCUT2D eigenvalue weighted by atomic mass is 10.4. The maximum Gasteiger partial charge on any atom is 0.0942 e. The van der Waals surface area contributed by atoms with Crippen LogP contribution in [0.5, 0.6) is 0 Å². The molecular formula is C7H10OS. The van der Waals surface area contributed by atoms with E-state index in [0.29, 0.717) is 0 Å². The van der Waals surface area contributed by atoms with E-state index in [1.165, 1.54) is 5.56 Å². The maximum absolute atomic E-state index is 4.89. The van der Waals surface area contributed by atoms with Crippen molar-refractivity contribution in [1.82, 2.24) is 0 Å². The summed E-state index contributed by atoms with van der Waals surface area (Å²) in [6, 6.07) is 1.98. The summed E-state index contributed by atoms with van der Waals surface area (Å²) in [6.07, 6.45) is 5.59. The minimum atomic E-state index is 0.245. The molecule has 50 valence electrons. The van der Waals surface area contributed by atoms with Crippen LogP contribution in [0.4, 0.5) is 0 Å². The van der Waals surface area contributed by atoms with Crippen molar-refractivity contribution >= 4 is 16.4 Å². The van der Waals surface area contributed by atoms with Crippen LogP contribution >= 0.6 is 10.5 Å². The highest BCUT2D eigenvalue weighted by Gasteiger charge is 1.90. The second-order valence-electron chi connectivity index (χ2n) is 2.06. The van der Waals surface area contributed by atoms with Crippen molar-refractivity contribution in [1.29, 1.82) is 0 Å². The average Bonchev–Trinajstić information content (AvgIpc) is 2.15. The molecule has 1 atom stereocenters. The van der Waals surface area contributed by atoms with E-state index in [1.54, 1.807) is 12.5 Å². The summed E-state index contributed by atoms with van der Waals surface area (Å²) < 4.78 is 4.89. The van der Waals surface area contributed by atoms with Crippen LogP contribution < -0.4 is 0 Å². The molecule has 1 aromatic rings. The summed E-state index contributed by atoms with van der Waals surface area (Å²) in [5.41, 5.74) is 1.25. The molecule has 1 rings (SSSR count). The summed E-state index contributed by atoms with van der Waals surface area (Å²) in [5.74, 6) is 4.94. The second-order valence-corrected chi connectivity index (χ2v) is 3.91. The zero-order valence-corrected chi connectivity index (χ0v) is 6.28. The molecule has 0 saturated carbocycles. The van der Waals surface area contributed by atoms with Gasteiger partial charge in [-0.3, -0.25) is 0 Å². The fourth-order valence-electron chi connectivity index (χ4n) is 0.659. The third-order valence-electron chi connectivity index (χ3n) is 0.993. The topological polar surface area (TPSA) is 13.1 Å². The molecule has 1 nitrogen and oxygen atoms in total. The first-order chi connectivity index (χ1) is 4.29. The van der Waals surface area contributed by atoms with Gasteiger partial charge in [0.2, 0.25) is 0 Å². The quantitative estimate of drug-likeness (QED) is 0.576. The lowest BCUT2D eigenvalue weighted by molar-refractivity contribution is 0.565. The monoisotopic (exact) mass is 142 g/mol. The molecule has 0 N–H and O–H groups in total. The molecule has 0 aliphatic rings. The van der Waals surface area contributed by atoms with E-state index in [4.69, 9.17) is 4.42 Å². The van der Waals surface area contributed by atoms with E-state index in [-0.39, 0.29) is 10.5 Å². The molecule has 9 heavy (non-hydrogen) atoms. The second kappa shape index (κ2) is 2.87. The van der Waals surface area contributed by atoms with Gasteiger partial charge in [-0.2, -0.15) is 10.5 Å². The highest BCUT2D eigenvalue weighted by atomic mass is 32.2. The Morgan fingerprint density at radius 2 is 2.56 bits per heavy atom. The molecule has 0 radical (unpaired) electrons. The third-order valence-corrected chi connectivity index (χ3v) is 1.82. The molecule has 0 amide bonds. The van der Waals surface area contributed by atoms with E-state index >= 15 is 0 Å². The Balaban J connectivity index is 2.58. The molecule has 2 heteroatoms. The van der Waals surface area contributed by atoms with Crippen molar-refractivity contribution in [3.05, 3.63) is 24.2 Å². The van der Waals surface area contributed by atoms with Gasteiger partial charge >= 0.3 is 0 Å². The van der Waals surface area contributed by atoms with Crippen LogP contribution in [0, 0.1) is 0 Å². The molecule has 1 unspecified atom stereocenters. The Hall–Kier alpha value is -0.500. The van der Waals surface area contributed by atoms with E-state index in [2.05, 4.69) is 12.1 Å². The Morgan fingerprint density at radius 3 is 3.00 bits per heavy atom. The maximum atomic E-state index is 4.89. The standard InChI is InChI=1S/C7H10OS/c1-9(2)6-7-3-4-8-5-7/h3-5H,1,6H2,2H3. The molecule has 1 heterocycles. The highest BCUT2D eigenvalue weighted by Crippen LogP contribution is 2.13. The fraction of sp³-hybridized carbons (Fsp3) is 0.286. The van der Waals surface area contributed by atoms with Crippen molar-refractivity contribution in [3.63, 3.8) is 0 Å². The molecule has 0 aliphatic heterocycles. The highest BCUT2D eigenvalue weighted by molar-refractivity contribution is 8.12. The molecule has 0 aliphatic carbocycles. The van der Waals surface area contributed by atoms with Crippen LogP contribution in [0.2, 0.25) is 0 Å². The number of furan rings is 1. The fourth-order valence-corrected chi connectivity index (χ4v) is 1.39. The number of rotatable bonds is 2. The number of hydrogen-bond acceptors (Lipinski definition) is 1. The van der Waals surface area contributed by atoms with Crippen molar-refractivity contribution < 1.29 is 4.42 Å². The Kier molecular flexibility index (Phi) is 2.11. The van der Waals surface area contributed by atoms with Gasteiger partial charge in [0.25, 0.3) is 0 Å². The largest absolute Gasteiger partial charge is 0.472 e. The van der Waals surface area contributed by atoms with E-state index in [0.717, 1.165) is 5.75 Å². The summed E-state index contributed by atoms with van der Waals surface area (Å²) in [6.45, 7) is 0. The Labute approximate surface area is 57.6 Å². The van der Waals surface area contributed by atoms with Crippen LogP contribution in [0.3, 0.4) is 0 Å². The van der Waals surface area contributed by atoms with Gasteiger partial charge in [0.05, 0.1) is 12.5 Å². The summed E-state index contributed by atoms with van der Waals surface area (Å²) in [5, 5.41) is 0. The van der Waals surface area contributed by atoms with Crippen molar-refractivity contribution in [3.8, 4) is 0 Å². The van der Waals surface area contributed by atoms with Crippen molar-refractivity contribution in [2.45, 2.75) is 5.75 Å². The summed E-state index contributed by atoms with van der Waals surface area (Å²) >= 11 is 0. The van der Waals surface area contributed by atoms with Crippen LogP contribution in [0.15, 0.2) is 23.0 Å². The summed E-state index contributed by atoms with van der Waals surface area (Å²) in [4.78, 5) is 0. The lowest BCUT2D eigenvalue weighted by Crippen LogP contribution is -1.73. The predicted molar refractivity (Wildman–Crippen MR) is 43.0 cm³/mol. The van der Waals surface area contributed by atoms with Crippen molar-refractivity contribution in [2.75, 3.05) is 6.26 Å². The van der Waals surface area contributed by atoms with Crippen LogP contribution in [-0.4, -0.2) is 12.1 Å². The zero-order chi connectivity index (χ0) is 6.69. The van der Waals surface area contributed by atoms with E-state index < -0.39 is 0 Å². The van der Waals surface area contributed by atoms with Gasteiger partial charge < -0.3 is 4.42 Å². The molecule has 0 saturated heterocycles. The van der Waals surface area contributed by atoms with Crippen LogP contribution in [-0.2, 0) is 5.75 Å². The minimum Gasteiger partial charge on any atom is -0.472 e. The normalized spacial score (nSPS) is 13.4. The van der Waals surface area contributed by atoms with Gasteiger partial charge in [0, 0.05) is 5.75 Å². The Bertz CT molecular complexity index is 189. The summed E-state index contributed by atoms with van der Waals surface area (Å²) in [7, 11) is 0.245. The van der Waals surface area contributed by atoms with E-state index in [9.17, 15) is 0 Å². The van der Waals surface area contributed by atoms with Crippen molar-refractivity contribution in [2.24, 2.45) is 0 Å². The minimum absolute atomic E-state index is 0.245. The third kappa shape index (κ3) is 2.06. The van der Waals surface area contributed by atoms with Gasteiger partial charge in [0.15, 0.2) is 0 Å². The predicted octanol–water partition coefficient (Wildman–Crippen LogP) is 2.11. The SMILES string of the molecule is C=S(C)Cc1ccoc1. The first-order valence-corrected chi connectivity index (χ1v) is 4.69. The first-order valence-electron chi connectivity index (χ1n) is 2.72. The molecule has 0 fully saturated rings.